The predicted octanol–water partition coefficient (Wildman–Crippen LogP) is 2.84. The second-order valence-corrected chi connectivity index (χ2v) is 4.21. The fraction of sp³-hybridized carbons (Fsp3) is 0.200. The van der Waals surface area contributed by atoms with Crippen LogP contribution in [0.4, 0.5) is 0 Å². The van der Waals surface area contributed by atoms with Crippen LogP contribution in [0.2, 0.25) is 0 Å². The van der Waals surface area contributed by atoms with Crippen molar-refractivity contribution >= 4 is 0 Å². The van der Waals surface area contributed by atoms with E-state index < -0.39 is 0 Å². The van der Waals surface area contributed by atoms with E-state index in [2.05, 4.69) is 0 Å². The number of methoxy groups -OCH3 is 1. The van der Waals surface area contributed by atoms with E-state index in [1.165, 1.54) is 7.11 Å². The maximum absolute atomic E-state index is 10.1. The van der Waals surface area contributed by atoms with Gasteiger partial charge in [0, 0.05) is 5.56 Å². The highest BCUT2D eigenvalue weighted by atomic mass is 16.6. The third-order valence-electron chi connectivity index (χ3n) is 3.07. The fourth-order valence-electron chi connectivity index (χ4n) is 2.13. The molecule has 0 saturated heterocycles. The van der Waals surface area contributed by atoms with Crippen molar-refractivity contribution in [3.05, 3.63) is 36.4 Å². The van der Waals surface area contributed by atoms with Gasteiger partial charge in [0.15, 0.2) is 23.0 Å². The highest BCUT2D eigenvalue weighted by molar-refractivity contribution is 5.75. The molecule has 1 aliphatic heterocycles. The number of aromatic hydroxyl groups is 1. The molecule has 0 amide bonds. The number of hydrogen-bond acceptors (Lipinski definition) is 4. The first-order chi connectivity index (χ1) is 9.29. The van der Waals surface area contributed by atoms with Crippen molar-refractivity contribution in [2.45, 2.75) is 0 Å². The van der Waals surface area contributed by atoms with Gasteiger partial charge in [-0.05, 0) is 23.8 Å². The van der Waals surface area contributed by atoms with E-state index in [1.54, 1.807) is 6.07 Å². The Labute approximate surface area is 111 Å². The zero-order valence-electron chi connectivity index (χ0n) is 10.6. The van der Waals surface area contributed by atoms with Crippen molar-refractivity contribution < 1.29 is 19.3 Å². The van der Waals surface area contributed by atoms with Gasteiger partial charge in [-0.3, -0.25) is 0 Å². The number of rotatable bonds is 2. The van der Waals surface area contributed by atoms with Crippen LogP contribution in [0, 0.1) is 0 Å². The number of benzene rings is 2. The van der Waals surface area contributed by atoms with Crippen LogP contribution in [0.15, 0.2) is 36.4 Å². The van der Waals surface area contributed by atoms with Crippen LogP contribution in [0.25, 0.3) is 11.1 Å². The molecule has 0 unspecified atom stereocenters. The van der Waals surface area contributed by atoms with E-state index in [4.69, 9.17) is 14.2 Å². The lowest BCUT2D eigenvalue weighted by Crippen LogP contribution is -2.15. The van der Waals surface area contributed by atoms with E-state index in [1.807, 2.05) is 30.3 Å². The van der Waals surface area contributed by atoms with Crippen LogP contribution in [0.5, 0.6) is 23.0 Å². The second kappa shape index (κ2) is 4.72. The average molecular weight is 258 g/mol. The van der Waals surface area contributed by atoms with Gasteiger partial charge in [-0.1, -0.05) is 18.2 Å². The molecule has 0 radical (unpaired) electrons. The summed E-state index contributed by atoms with van der Waals surface area (Å²) in [4.78, 5) is 0. The third-order valence-corrected chi connectivity index (χ3v) is 3.07. The van der Waals surface area contributed by atoms with Crippen molar-refractivity contribution in [3.8, 4) is 34.1 Å². The van der Waals surface area contributed by atoms with Crippen LogP contribution in [-0.2, 0) is 0 Å². The predicted molar refractivity (Wildman–Crippen MR) is 71.1 cm³/mol. The van der Waals surface area contributed by atoms with Crippen LogP contribution < -0.4 is 14.2 Å². The lowest BCUT2D eigenvalue weighted by atomic mass is 10.0. The lowest BCUT2D eigenvalue weighted by molar-refractivity contribution is 0.171. The molecular weight excluding hydrogens is 244 g/mol. The van der Waals surface area contributed by atoms with Crippen molar-refractivity contribution in [2.75, 3.05) is 20.3 Å². The molecule has 0 atom stereocenters. The second-order valence-electron chi connectivity index (χ2n) is 4.21. The SMILES string of the molecule is COc1cccc(-c2ccc3c(c2)OCCO3)c1O. The summed E-state index contributed by atoms with van der Waals surface area (Å²) >= 11 is 0. The summed E-state index contributed by atoms with van der Waals surface area (Å²) < 4.78 is 16.1. The number of fused-ring (bicyclic) bond motifs is 1. The van der Waals surface area contributed by atoms with Gasteiger partial charge in [0.2, 0.25) is 0 Å². The van der Waals surface area contributed by atoms with E-state index in [-0.39, 0.29) is 5.75 Å². The van der Waals surface area contributed by atoms with Crippen LogP contribution in [0.3, 0.4) is 0 Å². The fourth-order valence-corrected chi connectivity index (χ4v) is 2.13. The molecule has 1 N–H and O–H groups in total. The van der Waals surface area contributed by atoms with Gasteiger partial charge >= 0.3 is 0 Å². The molecule has 4 nitrogen and oxygen atoms in total. The molecule has 0 fully saturated rings. The standard InChI is InChI=1S/C15H14O4/c1-17-13-4-2-3-11(15(13)16)10-5-6-12-14(9-10)19-8-7-18-12/h2-6,9,16H,7-8H2,1H3. The highest BCUT2D eigenvalue weighted by Crippen LogP contribution is 2.40. The molecule has 0 aromatic heterocycles. The molecule has 2 aromatic carbocycles. The van der Waals surface area contributed by atoms with Gasteiger partial charge in [0.1, 0.15) is 13.2 Å². The summed E-state index contributed by atoms with van der Waals surface area (Å²) in [7, 11) is 1.53. The van der Waals surface area contributed by atoms with Crippen LogP contribution in [0.1, 0.15) is 0 Å². The molecule has 3 rings (SSSR count). The molecule has 1 heterocycles. The molecular formula is C15H14O4. The Morgan fingerprint density at radius 3 is 2.63 bits per heavy atom. The Morgan fingerprint density at radius 2 is 1.84 bits per heavy atom. The largest absolute Gasteiger partial charge is 0.504 e. The summed E-state index contributed by atoms with van der Waals surface area (Å²) in [6.07, 6.45) is 0. The molecule has 4 heteroatoms. The first kappa shape index (κ1) is 11.7. The maximum Gasteiger partial charge on any atom is 0.165 e. The number of phenolic OH excluding ortho intramolecular Hbond substituents is 1. The molecule has 19 heavy (non-hydrogen) atoms. The number of phenols is 1. The molecule has 0 saturated carbocycles. The van der Waals surface area contributed by atoms with E-state index >= 15 is 0 Å². The normalized spacial score (nSPS) is 13.1. The summed E-state index contributed by atoms with van der Waals surface area (Å²) in [5.74, 6) is 2.01. The molecule has 2 aromatic rings. The molecule has 0 spiro atoms. The Kier molecular flexibility index (Phi) is 2.91. The zero-order chi connectivity index (χ0) is 13.2. The lowest BCUT2D eigenvalue weighted by Gasteiger charge is -2.19. The first-order valence-corrected chi connectivity index (χ1v) is 6.05. The van der Waals surface area contributed by atoms with Crippen molar-refractivity contribution in [2.24, 2.45) is 0 Å². The highest BCUT2D eigenvalue weighted by Gasteiger charge is 2.15. The Bertz CT molecular complexity index is 607. The summed E-state index contributed by atoms with van der Waals surface area (Å²) in [6, 6.07) is 11.0. The zero-order valence-corrected chi connectivity index (χ0v) is 10.6. The minimum Gasteiger partial charge on any atom is -0.504 e. The third kappa shape index (κ3) is 2.05. The molecule has 0 aliphatic carbocycles. The van der Waals surface area contributed by atoms with Crippen molar-refractivity contribution in [1.82, 2.24) is 0 Å². The van der Waals surface area contributed by atoms with E-state index in [9.17, 15) is 5.11 Å². The van der Waals surface area contributed by atoms with Gasteiger partial charge < -0.3 is 19.3 Å². The Morgan fingerprint density at radius 1 is 1.05 bits per heavy atom. The van der Waals surface area contributed by atoms with Crippen LogP contribution >= 0.6 is 0 Å². The first-order valence-electron chi connectivity index (χ1n) is 6.05. The molecule has 98 valence electrons. The quantitative estimate of drug-likeness (QED) is 0.899. The van der Waals surface area contributed by atoms with Gasteiger partial charge in [-0.2, -0.15) is 0 Å². The van der Waals surface area contributed by atoms with Gasteiger partial charge in [-0.15, -0.1) is 0 Å². The minimum absolute atomic E-state index is 0.127. The monoisotopic (exact) mass is 258 g/mol. The maximum atomic E-state index is 10.1. The topological polar surface area (TPSA) is 47.9 Å². The summed E-state index contributed by atoms with van der Waals surface area (Å²) in [5, 5.41) is 10.1. The molecule has 1 aliphatic rings. The Hall–Kier alpha value is -2.36. The van der Waals surface area contributed by atoms with Crippen LogP contribution in [-0.4, -0.2) is 25.4 Å². The van der Waals surface area contributed by atoms with Crippen molar-refractivity contribution in [3.63, 3.8) is 0 Å². The van der Waals surface area contributed by atoms with Gasteiger partial charge in [0.05, 0.1) is 7.11 Å². The Balaban J connectivity index is 2.07. The van der Waals surface area contributed by atoms with E-state index in [0.717, 1.165) is 11.3 Å². The summed E-state index contributed by atoms with van der Waals surface area (Å²) in [5.41, 5.74) is 1.57. The summed E-state index contributed by atoms with van der Waals surface area (Å²) in [6.45, 7) is 1.11. The number of para-hydroxylation sites is 1. The van der Waals surface area contributed by atoms with Gasteiger partial charge in [-0.25, -0.2) is 0 Å². The number of ether oxygens (including phenoxy) is 3. The molecule has 0 bridgehead atoms. The smallest absolute Gasteiger partial charge is 0.165 e. The number of hydrogen-bond donors (Lipinski definition) is 1. The van der Waals surface area contributed by atoms with E-state index in [0.29, 0.717) is 30.3 Å². The minimum atomic E-state index is 0.127. The van der Waals surface area contributed by atoms with Gasteiger partial charge in [0.25, 0.3) is 0 Å². The van der Waals surface area contributed by atoms with Crippen molar-refractivity contribution in [1.29, 1.82) is 0 Å². The average Bonchev–Trinajstić information content (AvgIpc) is 2.47.